The SMILES string of the molecule is O=[N+]([O-])c1cc(CN2CC[CH]CC2)ccc1Br. The van der Waals surface area contributed by atoms with E-state index in [0.717, 1.165) is 38.0 Å². The Labute approximate surface area is 109 Å². The number of benzene rings is 1. The lowest BCUT2D eigenvalue weighted by molar-refractivity contribution is -0.385. The van der Waals surface area contributed by atoms with Gasteiger partial charge in [-0.2, -0.15) is 0 Å². The van der Waals surface area contributed by atoms with Crippen LogP contribution in [0.3, 0.4) is 0 Å². The molecule has 1 aromatic rings. The molecule has 0 spiro atoms. The highest BCUT2D eigenvalue weighted by Crippen LogP contribution is 2.26. The van der Waals surface area contributed by atoms with E-state index in [1.165, 1.54) is 0 Å². The van der Waals surface area contributed by atoms with E-state index in [2.05, 4.69) is 27.3 Å². The molecule has 1 aliphatic heterocycles. The molecule has 0 aliphatic carbocycles. The maximum Gasteiger partial charge on any atom is 0.283 e. The Kier molecular flexibility index (Phi) is 4.12. The number of nitrogens with zero attached hydrogens (tertiary/aromatic N) is 2. The molecule has 0 bridgehead atoms. The van der Waals surface area contributed by atoms with Crippen LogP contribution in [0.5, 0.6) is 0 Å². The van der Waals surface area contributed by atoms with Crippen molar-refractivity contribution < 1.29 is 4.92 Å². The molecule has 0 atom stereocenters. The minimum atomic E-state index is -0.350. The summed E-state index contributed by atoms with van der Waals surface area (Å²) in [5.74, 6) is 0. The van der Waals surface area contributed by atoms with Crippen LogP contribution in [0.1, 0.15) is 18.4 Å². The number of likely N-dealkylation sites (tertiary alicyclic amines) is 1. The number of piperidine rings is 1. The number of nitro groups is 1. The van der Waals surface area contributed by atoms with Crippen LogP contribution in [-0.2, 0) is 6.54 Å². The quantitative estimate of drug-likeness (QED) is 0.636. The summed E-state index contributed by atoms with van der Waals surface area (Å²) in [6.07, 6.45) is 4.51. The number of hydrogen-bond acceptors (Lipinski definition) is 3. The van der Waals surface area contributed by atoms with Gasteiger partial charge in [0.15, 0.2) is 0 Å². The van der Waals surface area contributed by atoms with Crippen molar-refractivity contribution >= 4 is 21.6 Å². The average molecular weight is 298 g/mol. The number of nitro benzene ring substituents is 1. The highest BCUT2D eigenvalue weighted by Gasteiger charge is 2.15. The van der Waals surface area contributed by atoms with E-state index in [-0.39, 0.29) is 10.6 Å². The van der Waals surface area contributed by atoms with Crippen LogP contribution < -0.4 is 0 Å². The molecule has 1 radical (unpaired) electrons. The van der Waals surface area contributed by atoms with Crippen LogP contribution in [0.25, 0.3) is 0 Å². The molecule has 1 fully saturated rings. The fourth-order valence-corrected chi connectivity index (χ4v) is 2.41. The Morgan fingerprint density at radius 2 is 2.06 bits per heavy atom. The number of halogens is 1. The van der Waals surface area contributed by atoms with Crippen LogP contribution in [0.15, 0.2) is 22.7 Å². The normalized spacial score (nSPS) is 17.0. The van der Waals surface area contributed by atoms with Gasteiger partial charge in [-0.3, -0.25) is 15.0 Å². The van der Waals surface area contributed by atoms with Gasteiger partial charge in [-0.25, -0.2) is 0 Å². The van der Waals surface area contributed by atoms with E-state index in [1.54, 1.807) is 12.1 Å². The highest BCUT2D eigenvalue weighted by molar-refractivity contribution is 9.10. The molecular weight excluding hydrogens is 284 g/mol. The first kappa shape index (κ1) is 12.5. The van der Waals surface area contributed by atoms with Gasteiger partial charge in [-0.15, -0.1) is 0 Å². The molecule has 17 heavy (non-hydrogen) atoms. The van der Waals surface area contributed by atoms with Gasteiger partial charge in [0.1, 0.15) is 0 Å². The molecule has 1 aromatic carbocycles. The van der Waals surface area contributed by atoms with E-state index < -0.39 is 0 Å². The number of rotatable bonds is 3. The van der Waals surface area contributed by atoms with Crippen LogP contribution in [-0.4, -0.2) is 22.9 Å². The monoisotopic (exact) mass is 297 g/mol. The van der Waals surface area contributed by atoms with Gasteiger partial charge in [0, 0.05) is 12.6 Å². The van der Waals surface area contributed by atoms with Crippen molar-refractivity contribution in [3.05, 3.63) is 44.8 Å². The first-order chi connectivity index (χ1) is 8.16. The average Bonchev–Trinajstić information content (AvgIpc) is 2.32. The van der Waals surface area contributed by atoms with Gasteiger partial charge in [0.2, 0.25) is 0 Å². The van der Waals surface area contributed by atoms with Crippen LogP contribution in [0.2, 0.25) is 0 Å². The maximum atomic E-state index is 10.8. The van der Waals surface area contributed by atoms with Gasteiger partial charge >= 0.3 is 0 Å². The summed E-state index contributed by atoms with van der Waals surface area (Å²) in [6, 6.07) is 5.35. The van der Waals surface area contributed by atoms with Crippen LogP contribution >= 0.6 is 15.9 Å². The minimum Gasteiger partial charge on any atom is -0.299 e. The van der Waals surface area contributed by atoms with Gasteiger partial charge in [0.05, 0.1) is 9.40 Å². The molecule has 1 heterocycles. The molecule has 0 unspecified atom stereocenters. The third-order valence-electron chi connectivity index (χ3n) is 2.91. The highest BCUT2D eigenvalue weighted by atomic mass is 79.9. The maximum absolute atomic E-state index is 10.8. The molecule has 0 N–H and O–H groups in total. The first-order valence-electron chi connectivity index (χ1n) is 5.63. The number of hydrogen-bond donors (Lipinski definition) is 0. The van der Waals surface area contributed by atoms with Gasteiger partial charge in [-0.1, -0.05) is 6.07 Å². The summed E-state index contributed by atoms with van der Waals surface area (Å²) in [7, 11) is 0. The smallest absolute Gasteiger partial charge is 0.283 e. The largest absolute Gasteiger partial charge is 0.299 e. The summed E-state index contributed by atoms with van der Waals surface area (Å²) in [5.41, 5.74) is 1.15. The Bertz CT molecular complexity index is 417. The lowest BCUT2D eigenvalue weighted by atomic mass is 10.1. The molecule has 1 saturated heterocycles. The first-order valence-corrected chi connectivity index (χ1v) is 6.43. The zero-order chi connectivity index (χ0) is 12.3. The van der Waals surface area contributed by atoms with Crippen molar-refractivity contribution in [1.82, 2.24) is 4.90 Å². The fraction of sp³-hybridized carbons (Fsp3) is 0.417. The third-order valence-corrected chi connectivity index (χ3v) is 3.58. The molecule has 5 heteroatoms. The third kappa shape index (κ3) is 3.26. The second-order valence-electron chi connectivity index (χ2n) is 4.19. The second-order valence-corrected chi connectivity index (χ2v) is 5.04. The van der Waals surface area contributed by atoms with Crippen LogP contribution in [0, 0.1) is 16.5 Å². The van der Waals surface area contributed by atoms with Gasteiger partial charge < -0.3 is 0 Å². The molecule has 2 rings (SSSR count). The standard InChI is InChI=1S/C12H14BrN2O2/c13-11-5-4-10(8-12(11)15(16)17)9-14-6-2-1-3-7-14/h1,4-5,8H,2-3,6-7,9H2. The van der Waals surface area contributed by atoms with E-state index in [0.29, 0.717) is 4.47 Å². The molecule has 0 aromatic heterocycles. The second kappa shape index (κ2) is 5.60. The van der Waals surface area contributed by atoms with Gasteiger partial charge in [0.25, 0.3) is 5.69 Å². The Hall–Kier alpha value is -0.940. The zero-order valence-electron chi connectivity index (χ0n) is 9.43. The van der Waals surface area contributed by atoms with Gasteiger partial charge in [-0.05, 0) is 59.9 Å². The van der Waals surface area contributed by atoms with Crippen molar-refractivity contribution in [2.45, 2.75) is 19.4 Å². The molecule has 0 amide bonds. The predicted molar refractivity (Wildman–Crippen MR) is 69.6 cm³/mol. The predicted octanol–water partition coefficient (Wildman–Crippen LogP) is 3.16. The lowest BCUT2D eigenvalue weighted by Crippen LogP contribution is -2.29. The summed E-state index contributed by atoms with van der Waals surface area (Å²) in [5, 5.41) is 10.8. The molecule has 0 saturated carbocycles. The van der Waals surface area contributed by atoms with Crippen molar-refractivity contribution in [1.29, 1.82) is 0 Å². The van der Waals surface area contributed by atoms with Crippen LogP contribution in [0.4, 0.5) is 5.69 Å². The molecule has 4 nitrogen and oxygen atoms in total. The summed E-state index contributed by atoms with van der Waals surface area (Å²) < 4.78 is 0.540. The van der Waals surface area contributed by atoms with E-state index in [1.807, 2.05) is 6.07 Å². The Balaban J connectivity index is 2.10. The summed E-state index contributed by atoms with van der Waals surface area (Å²) in [4.78, 5) is 12.8. The van der Waals surface area contributed by atoms with Crippen molar-refractivity contribution in [3.63, 3.8) is 0 Å². The molecule has 1 aliphatic rings. The Morgan fingerprint density at radius 3 is 2.71 bits per heavy atom. The minimum absolute atomic E-state index is 0.145. The molecule has 91 valence electrons. The zero-order valence-corrected chi connectivity index (χ0v) is 11.0. The lowest BCUT2D eigenvalue weighted by Gasteiger charge is -2.26. The summed E-state index contributed by atoms with van der Waals surface area (Å²) >= 11 is 3.20. The van der Waals surface area contributed by atoms with E-state index in [4.69, 9.17) is 0 Å². The van der Waals surface area contributed by atoms with E-state index >= 15 is 0 Å². The van der Waals surface area contributed by atoms with Crippen molar-refractivity contribution in [2.24, 2.45) is 0 Å². The van der Waals surface area contributed by atoms with E-state index in [9.17, 15) is 10.1 Å². The molecular formula is C12H14BrN2O2. The topological polar surface area (TPSA) is 46.4 Å². The Morgan fingerprint density at radius 1 is 1.35 bits per heavy atom. The van der Waals surface area contributed by atoms with Crippen molar-refractivity contribution in [2.75, 3.05) is 13.1 Å². The van der Waals surface area contributed by atoms with Crippen molar-refractivity contribution in [3.8, 4) is 0 Å². The summed E-state index contributed by atoms with van der Waals surface area (Å²) in [6.45, 7) is 2.88. The fourth-order valence-electron chi connectivity index (χ4n) is 2.02.